The summed E-state index contributed by atoms with van der Waals surface area (Å²) in [6.07, 6.45) is 1.60. The van der Waals surface area contributed by atoms with Gasteiger partial charge in [-0.05, 0) is 0 Å². The molecule has 6 heteroatoms. The van der Waals surface area contributed by atoms with Crippen molar-refractivity contribution in [3.05, 3.63) is 10.4 Å². The predicted octanol–water partition coefficient (Wildman–Crippen LogP) is 4.01. The Hall–Kier alpha value is 0.233. The van der Waals surface area contributed by atoms with Gasteiger partial charge in [-0.3, -0.25) is 0 Å². The first-order valence-electron chi connectivity index (χ1n) is 6.03. The first kappa shape index (κ1) is 17.2. The van der Waals surface area contributed by atoms with E-state index in [0.717, 1.165) is 4.15 Å². The molecule has 0 atom stereocenters. The van der Waals surface area contributed by atoms with E-state index >= 15 is 0 Å². The van der Waals surface area contributed by atoms with Gasteiger partial charge in [-0.15, -0.1) is 0 Å². The predicted molar refractivity (Wildman–Crippen MR) is 73.9 cm³/mol. The molecule has 0 heterocycles. The van der Waals surface area contributed by atoms with E-state index in [1.807, 2.05) is 20.8 Å². The maximum absolute atomic E-state index is 12.7. The Bertz CT molecular complexity index is 286. The van der Waals surface area contributed by atoms with Crippen molar-refractivity contribution in [2.45, 2.75) is 38.0 Å². The number of ether oxygens (including phenoxy) is 1. The third-order valence-electron chi connectivity index (χ3n) is 2.02. The number of hydrogen-bond donors (Lipinski definition) is 0. The Labute approximate surface area is 108 Å². The minimum absolute atomic E-state index is 0.374. The molecule has 0 aromatic carbocycles. The fourth-order valence-corrected chi connectivity index (χ4v) is 10.3. The molecule has 0 rings (SSSR count). The van der Waals surface area contributed by atoms with Gasteiger partial charge in [0.15, 0.2) is 0 Å². The molecule has 4 nitrogen and oxygen atoms in total. The van der Waals surface area contributed by atoms with Gasteiger partial charge in [0.2, 0.25) is 0 Å². The zero-order valence-corrected chi connectivity index (χ0v) is 14.8. The average Bonchev–Trinajstić information content (AvgIpc) is 2.16. The molecule has 0 bridgehead atoms. The summed E-state index contributed by atoms with van der Waals surface area (Å²) in [6.45, 7) is 6.84. The first-order valence-corrected chi connectivity index (χ1v) is 14.9. The Kier molecular flexibility index (Phi) is 7.72. The molecule has 0 N–H and O–H groups in total. The zero-order chi connectivity index (χ0) is 13.5. The van der Waals surface area contributed by atoms with Crippen molar-refractivity contribution in [1.29, 1.82) is 0 Å². The average molecular weight is 325 g/mol. The van der Waals surface area contributed by atoms with Crippen LogP contribution in [-0.2, 0) is 18.3 Å². The van der Waals surface area contributed by atoms with Crippen molar-refractivity contribution in [1.82, 2.24) is 0 Å². The van der Waals surface area contributed by atoms with E-state index in [0.29, 0.717) is 19.8 Å². The molecule has 0 unspecified atom stereocenters. The molecular weight excluding hydrogens is 300 g/mol. The van der Waals surface area contributed by atoms with Gasteiger partial charge in [0.1, 0.15) is 0 Å². The molecule has 17 heavy (non-hydrogen) atoms. The van der Waals surface area contributed by atoms with Crippen LogP contribution in [0.5, 0.6) is 0 Å². The molecule has 102 valence electrons. The maximum atomic E-state index is 12.7. The van der Waals surface area contributed by atoms with Crippen molar-refractivity contribution in [2.75, 3.05) is 19.8 Å². The zero-order valence-electron chi connectivity index (χ0n) is 11.8. The van der Waals surface area contributed by atoms with Crippen molar-refractivity contribution in [3.8, 4) is 0 Å². The van der Waals surface area contributed by atoms with Gasteiger partial charge in [0, 0.05) is 0 Å². The van der Waals surface area contributed by atoms with Crippen molar-refractivity contribution in [2.24, 2.45) is 0 Å². The molecule has 0 fully saturated rings. The number of hydrogen-bond acceptors (Lipinski definition) is 4. The Morgan fingerprint density at radius 2 is 1.53 bits per heavy atom. The molecule has 0 amide bonds. The van der Waals surface area contributed by atoms with Crippen LogP contribution in [0.2, 0.25) is 17.3 Å². The van der Waals surface area contributed by atoms with Gasteiger partial charge in [0.05, 0.1) is 0 Å². The van der Waals surface area contributed by atoms with Crippen LogP contribution in [0.1, 0.15) is 20.8 Å². The van der Waals surface area contributed by atoms with E-state index in [1.54, 1.807) is 6.26 Å². The summed E-state index contributed by atoms with van der Waals surface area (Å²) in [4.78, 5) is 0. The van der Waals surface area contributed by atoms with E-state index in [-0.39, 0.29) is 0 Å². The molecule has 0 aromatic heterocycles. The van der Waals surface area contributed by atoms with Crippen molar-refractivity contribution < 1.29 is 18.3 Å². The van der Waals surface area contributed by atoms with Crippen LogP contribution in [0.25, 0.3) is 0 Å². The van der Waals surface area contributed by atoms with E-state index < -0.39 is 20.9 Å². The number of rotatable bonds is 8. The second-order valence-electron chi connectivity index (χ2n) is 4.54. The normalized spacial score (nSPS) is 13.9. The summed E-state index contributed by atoms with van der Waals surface area (Å²) in [7, 11) is -3.16. The van der Waals surface area contributed by atoms with Crippen molar-refractivity contribution >= 4 is 20.9 Å². The van der Waals surface area contributed by atoms with Crippen LogP contribution in [0.3, 0.4) is 0 Å². The van der Waals surface area contributed by atoms with Gasteiger partial charge in [-0.1, -0.05) is 0 Å². The van der Waals surface area contributed by atoms with E-state index in [2.05, 4.69) is 17.3 Å². The van der Waals surface area contributed by atoms with Crippen LogP contribution < -0.4 is 0 Å². The van der Waals surface area contributed by atoms with Crippen LogP contribution in [-0.4, -0.2) is 33.1 Å². The fourth-order valence-electron chi connectivity index (χ4n) is 1.33. The summed E-state index contributed by atoms with van der Waals surface area (Å²) in [5.74, 6) is 6.45. The van der Waals surface area contributed by atoms with E-state index in [1.165, 1.54) is 0 Å². The topological polar surface area (TPSA) is 44.8 Å². The summed E-state index contributed by atoms with van der Waals surface area (Å²) in [6, 6.07) is 0. The van der Waals surface area contributed by atoms with Crippen LogP contribution >= 0.6 is 7.60 Å². The van der Waals surface area contributed by atoms with Crippen LogP contribution in [0.4, 0.5) is 0 Å². The molecule has 0 radical (unpaired) electrons. The van der Waals surface area contributed by atoms with Crippen LogP contribution in [0.15, 0.2) is 10.4 Å². The van der Waals surface area contributed by atoms with Crippen molar-refractivity contribution in [3.63, 3.8) is 0 Å². The summed E-state index contributed by atoms with van der Waals surface area (Å²) >= 11 is -2.33. The molecule has 0 saturated heterocycles. The molecule has 0 aliphatic rings. The van der Waals surface area contributed by atoms with E-state index in [9.17, 15) is 4.57 Å². The SMILES string of the molecule is CCO/C=[C](/P(=O)(OCC)OCC)[Ge]([CH3])([CH3])[CH3]. The first-order chi connectivity index (χ1) is 7.81. The summed E-state index contributed by atoms with van der Waals surface area (Å²) in [5, 5.41) is 0. The van der Waals surface area contributed by atoms with Gasteiger partial charge in [0.25, 0.3) is 0 Å². The molecular formula is C11H25GeO4P. The van der Waals surface area contributed by atoms with Crippen LogP contribution in [0, 0.1) is 0 Å². The van der Waals surface area contributed by atoms with Gasteiger partial charge >= 0.3 is 107 Å². The van der Waals surface area contributed by atoms with E-state index in [4.69, 9.17) is 13.8 Å². The third kappa shape index (κ3) is 5.60. The van der Waals surface area contributed by atoms with Gasteiger partial charge in [-0.25, -0.2) is 0 Å². The molecule has 0 aliphatic carbocycles. The summed E-state index contributed by atoms with van der Waals surface area (Å²) in [5.41, 5.74) is 0. The quantitative estimate of drug-likeness (QED) is 0.384. The molecule has 0 saturated carbocycles. The second-order valence-corrected chi connectivity index (χ2v) is 18.0. The Balaban J connectivity index is 5.30. The monoisotopic (exact) mass is 326 g/mol. The molecule has 0 aliphatic heterocycles. The molecule has 0 spiro atoms. The Morgan fingerprint density at radius 3 is 1.82 bits per heavy atom. The summed E-state index contributed by atoms with van der Waals surface area (Å²) < 4.78 is 29.6. The molecule has 0 aromatic rings. The third-order valence-corrected chi connectivity index (χ3v) is 12.6. The van der Waals surface area contributed by atoms with Gasteiger partial charge < -0.3 is 0 Å². The minimum atomic E-state index is -3.16. The van der Waals surface area contributed by atoms with Gasteiger partial charge in [-0.2, -0.15) is 0 Å². The standard InChI is InChI=1S/C11H25GeO4P/c1-7-14-10-11(12(4,5)6)17(13,15-8-2)16-9-3/h10H,7-9H2,1-6H3/b11-10+. The Morgan fingerprint density at radius 1 is 1.06 bits per heavy atom. The fraction of sp³-hybridized carbons (Fsp3) is 0.818. The second kappa shape index (κ2) is 7.62.